The highest BCUT2D eigenvalue weighted by atomic mass is 35.5. The molecule has 0 aromatic heterocycles. The van der Waals surface area contributed by atoms with Crippen LogP contribution in [0.4, 0.5) is 11.4 Å². The number of hydrogen-bond donors (Lipinski definition) is 1. The van der Waals surface area contributed by atoms with Crippen molar-refractivity contribution in [2.45, 2.75) is 26.3 Å². The Morgan fingerprint density at radius 3 is 2.38 bits per heavy atom. The summed E-state index contributed by atoms with van der Waals surface area (Å²) in [6, 6.07) is 18.0. The summed E-state index contributed by atoms with van der Waals surface area (Å²) in [5, 5.41) is 0. The van der Waals surface area contributed by atoms with E-state index in [0.29, 0.717) is 13.1 Å². The molecule has 0 spiro atoms. The molecular weight excluding hydrogens is 346 g/mol. The number of para-hydroxylation sites is 2. The normalized spacial score (nSPS) is 18.8. The molecule has 1 atom stereocenters. The number of hydrogen-bond acceptors (Lipinski definition) is 3. The monoisotopic (exact) mass is 373 g/mol. The Labute approximate surface area is 162 Å². The van der Waals surface area contributed by atoms with Gasteiger partial charge < -0.3 is 15.5 Å². The quantitative estimate of drug-likeness (QED) is 0.882. The zero-order valence-electron chi connectivity index (χ0n) is 15.7. The fourth-order valence-electron chi connectivity index (χ4n) is 3.46. The second kappa shape index (κ2) is 8.11. The molecule has 2 N–H and O–H groups in total. The van der Waals surface area contributed by atoms with Crippen molar-refractivity contribution in [3.63, 3.8) is 0 Å². The zero-order valence-corrected chi connectivity index (χ0v) is 16.5. The third-order valence-electron chi connectivity index (χ3n) is 5.24. The fourth-order valence-corrected chi connectivity index (χ4v) is 3.46. The number of nitrogens with two attached hydrogens (primary N) is 1. The highest BCUT2D eigenvalue weighted by molar-refractivity contribution is 6.00. The largest absolute Gasteiger partial charge is 0.344 e. The highest BCUT2D eigenvalue weighted by Crippen LogP contribution is 2.32. The van der Waals surface area contributed by atoms with E-state index in [4.69, 9.17) is 5.73 Å². The highest BCUT2D eigenvalue weighted by Gasteiger charge is 2.36. The lowest BCUT2D eigenvalue weighted by Crippen LogP contribution is -2.54. The van der Waals surface area contributed by atoms with E-state index in [2.05, 4.69) is 18.7 Å². The first-order chi connectivity index (χ1) is 11.9. The molecule has 0 saturated carbocycles. The summed E-state index contributed by atoms with van der Waals surface area (Å²) < 4.78 is 0. The van der Waals surface area contributed by atoms with Crippen molar-refractivity contribution in [2.24, 2.45) is 11.1 Å². The summed E-state index contributed by atoms with van der Waals surface area (Å²) in [6.07, 6.45) is 0.843. The lowest BCUT2D eigenvalue weighted by molar-refractivity contribution is 0.0533. The molecule has 140 valence electrons. The second-order valence-electron chi connectivity index (χ2n) is 7.52. The molecule has 1 aliphatic heterocycles. The fraction of sp³-hybridized carbons (Fsp3) is 0.381. The van der Waals surface area contributed by atoms with E-state index < -0.39 is 0 Å². The molecule has 1 amide bonds. The van der Waals surface area contributed by atoms with Gasteiger partial charge >= 0.3 is 0 Å². The molecule has 2 aromatic carbocycles. The Hall–Kier alpha value is -2.04. The van der Waals surface area contributed by atoms with Gasteiger partial charge in [0.25, 0.3) is 5.91 Å². The van der Waals surface area contributed by atoms with E-state index in [1.165, 1.54) is 0 Å². The van der Waals surface area contributed by atoms with Crippen LogP contribution in [0.25, 0.3) is 0 Å². The van der Waals surface area contributed by atoms with E-state index in [1.807, 2.05) is 66.5 Å². The lowest BCUT2D eigenvalue weighted by Gasteiger charge is -2.42. The van der Waals surface area contributed by atoms with E-state index in [0.717, 1.165) is 23.4 Å². The van der Waals surface area contributed by atoms with Gasteiger partial charge in [-0.3, -0.25) is 4.79 Å². The van der Waals surface area contributed by atoms with Gasteiger partial charge in [0.05, 0.1) is 11.3 Å². The maximum Gasteiger partial charge on any atom is 0.255 e. The summed E-state index contributed by atoms with van der Waals surface area (Å²) >= 11 is 0. The van der Waals surface area contributed by atoms with Crippen LogP contribution < -0.4 is 10.6 Å². The van der Waals surface area contributed by atoms with Crippen molar-refractivity contribution in [3.05, 3.63) is 60.2 Å². The van der Waals surface area contributed by atoms with Crippen molar-refractivity contribution >= 4 is 29.7 Å². The molecule has 0 bridgehead atoms. The first kappa shape index (κ1) is 20.3. The van der Waals surface area contributed by atoms with Crippen LogP contribution in [0.2, 0.25) is 0 Å². The van der Waals surface area contributed by atoms with E-state index in [9.17, 15) is 4.79 Å². The van der Waals surface area contributed by atoms with Gasteiger partial charge in [0, 0.05) is 31.9 Å². The van der Waals surface area contributed by atoms with Crippen LogP contribution in [0.1, 0.15) is 30.6 Å². The van der Waals surface area contributed by atoms with Gasteiger partial charge in [-0.2, -0.15) is 0 Å². The van der Waals surface area contributed by atoms with Gasteiger partial charge in [-0.1, -0.05) is 44.2 Å². The molecule has 1 unspecified atom stereocenters. The number of piperidine rings is 1. The molecule has 0 aliphatic carbocycles. The number of rotatable bonds is 3. The molecule has 1 fully saturated rings. The van der Waals surface area contributed by atoms with Crippen LogP contribution in [0, 0.1) is 5.41 Å². The van der Waals surface area contributed by atoms with Crippen molar-refractivity contribution in [2.75, 3.05) is 25.0 Å². The predicted molar refractivity (Wildman–Crippen MR) is 110 cm³/mol. The molecule has 5 heteroatoms. The van der Waals surface area contributed by atoms with E-state index in [1.54, 1.807) is 0 Å². The van der Waals surface area contributed by atoms with Crippen LogP contribution in [0.15, 0.2) is 54.6 Å². The smallest absolute Gasteiger partial charge is 0.255 e. The molecule has 1 heterocycles. The van der Waals surface area contributed by atoms with Crippen molar-refractivity contribution in [1.82, 2.24) is 4.90 Å². The number of amides is 1. The van der Waals surface area contributed by atoms with Crippen LogP contribution in [0.3, 0.4) is 0 Å². The average molecular weight is 374 g/mol. The standard InChI is InChI=1S/C21H27N3O.ClH/c1-21(2)15-24(14-13-19(21)22)20(25)17-11-7-8-12-18(17)23(3)16-9-5-4-6-10-16;/h4-12,19H,13-15,22H2,1-3H3;1H. The molecule has 26 heavy (non-hydrogen) atoms. The average Bonchev–Trinajstić information content (AvgIpc) is 2.63. The van der Waals surface area contributed by atoms with Gasteiger partial charge in [-0.25, -0.2) is 0 Å². The maximum absolute atomic E-state index is 13.2. The summed E-state index contributed by atoms with van der Waals surface area (Å²) in [5.41, 5.74) is 8.88. The Kier molecular flexibility index (Phi) is 6.32. The minimum atomic E-state index is -0.0613. The third-order valence-corrected chi connectivity index (χ3v) is 5.24. The SMILES string of the molecule is CN(c1ccccc1)c1ccccc1C(=O)N1CCC(N)C(C)(C)C1.Cl. The molecule has 1 aliphatic rings. The second-order valence-corrected chi connectivity index (χ2v) is 7.52. The van der Waals surface area contributed by atoms with E-state index >= 15 is 0 Å². The minimum absolute atomic E-state index is 0. The van der Waals surface area contributed by atoms with E-state index in [-0.39, 0.29) is 29.8 Å². The molecule has 1 saturated heterocycles. The summed E-state index contributed by atoms with van der Waals surface area (Å²) in [7, 11) is 2.00. The number of likely N-dealkylation sites (tertiary alicyclic amines) is 1. The predicted octanol–water partition coefficient (Wildman–Crippen LogP) is 4.08. The Bertz CT molecular complexity index is 748. The van der Waals surface area contributed by atoms with Crippen molar-refractivity contribution in [3.8, 4) is 0 Å². The third kappa shape index (κ3) is 4.02. The molecular formula is C21H28ClN3O. The number of benzene rings is 2. The number of carbonyl (C=O) groups excluding carboxylic acids is 1. The molecule has 2 aromatic rings. The van der Waals surface area contributed by atoms with Gasteiger partial charge in [0.1, 0.15) is 0 Å². The maximum atomic E-state index is 13.2. The van der Waals surface area contributed by atoms with Crippen LogP contribution in [-0.4, -0.2) is 37.0 Å². The minimum Gasteiger partial charge on any atom is -0.344 e. The Morgan fingerprint density at radius 1 is 1.12 bits per heavy atom. The number of anilines is 2. The van der Waals surface area contributed by atoms with Crippen molar-refractivity contribution in [1.29, 1.82) is 0 Å². The number of nitrogens with zero attached hydrogens (tertiary/aromatic N) is 2. The molecule has 0 radical (unpaired) electrons. The lowest BCUT2D eigenvalue weighted by atomic mass is 9.79. The Balaban J connectivity index is 0.00000243. The Morgan fingerprint density at radius 2 is 1.73 bits per heavy atom. The van der Waals surface area contributed by atoms with Crippen LogP contribution >= 0.6 is 12.4 Å². The first-order valence-electron chi connectivity index (χ1n) is 8.83. The molecule has 3 rings (SSSR count). The zero-order chi connectivity index (χ0) is 18.0. The van der Waals surface area contributed by atoms with Crippen LogP contribution in [0.5, 0.6) is 0 Å². The van der Waals surface area contributed by atoms with Crippen molar-refractivity contribution < 1.29 is 4.79 Å². The summed E-state index contributed by atoms with van der Waals surface area (Å²) in [4.78, 5) is 17.2. The summed E-state index contributed by atoms with van der Waals surface area (Å²) in [5.74, 6) is 0.0818. The number of carbonyl (C=O) groups is 1. The van der Waals surface area contributed by atoms with Gasteiger partial charge in [-0.15, -0.1) is 12.4 Å². The first-order valence-corrected chi connectivity index (χ1v) is 8.83. The van der Waals surface area contributed by atoms with Gasteiger partial charge in [0.15, 0.2) is 0 Å². The van der Waals surface area contributed by atoms with Crippen LogP contribution in [-0.2, 0) is 0 Å². The number of halogens is 1. The van der Waals surface area contributed by atoms with Gasteiger partial charge in [-0.05, 0) is 36.1 Å². The van der Waals surface area contributed by atoms with Gasteiger partial charge in [0.2, 0.25) is 0 Å². The topological polar surface area (TPSA) is 49.6 Å². The summed E-state index contributed by atoms with van der Waals surface area (Å²) in [6.45, 7) is 5.68. The molecule has 4 nitrogen and oxygen atoms in total.